The predicted molar refractivity (Wildman–Crippen MR) is 148 cm³/mol. The molecule has 3 aromatic heterocycles. The van der Waals surface area contributed by atoms with Crippen molar-refractivity contribution < 1.29 is 13.9 Å². The van der Waals surface area contributed by atoms with Crippen LogP contribution < -0.4 is 4.74 Å². The van der Waals surface area contributed by atoms with Gasteiger partial charge in [0, 0.05) is 44.3 Å². The van der Waals surface area contributed by atoms with Crippen molar-refractivity contribution >= 4 is 5.91 Å². The van der Waals surface area contributed by atoms with E-state index in [4.69, 9.17) is 9.15 Å². The quantitative estimate of drug-likeness (QED) is 0.285. The normalized spacial score (nSPS) is 14.2. The molecule has 6 heteroatoms. The summed E-state index contributed by atoms with van der Waals surface area (Å²) in [4.78, 5) is 19.7. The molecule has 1 aliphatic rings. The average molecular weight is 512 g/mol. The molecule has 38 heavy (non-hydrogen) atoms. The molecule has 1 amide bonds. The lowest BCUT2D eigenvalue weighted by Gasteiger charge is -2.35. The van der Waals surface area contributed by atoms with Crippen molar-refractivity contribution in [3.05, 3.63) is 106 Å². The van der Waals surface area contributed by atoms with Crippen LogP contribution in [0.15, 0.2) is 59.4 Å². The second kappa shape index (κ2) is 10.2. The molecule has 0 saturated heterocycles. The van der Waals surface area contributed by atoms with Gasteiger partial charge in [0.05, 0.1) is 6.54 Å². The molecule has 0 radical (unpaired) electrons. The van der Waals surface area contributed by atoms with Crippen LogP contribution in [0.5, 0.6) is 5.75 Å². The summed E-state index contributed by atoms with van der Waals surface area (Å²) in [6.45, 7) is 11.7. The number of benzene rings is 1. The van der Waals surface area contributed by atoms with E-state index >= 15 is 0 Å². The Morgan fingerprint density at radius 3 is 2.58 bits per heavy atom. The zero-order chi connectivity index (χ0) is 27.0. The Kier molecular flexibility index (Phi) is 6.91. The summed E-state index contributed by atoms with van der Waals surface area (Å²) in [6, 6.07) is 11.6. The molecule has 0 spiro atoms. The Hall–Kier alpha value is -3.80. The van der Waals surface area contributed by atoms with E-state index in [1.54, 1.807) is 18.5 Å². The third kappa shape index (κ3) is 5.13. The van der Waals surface area contributed by atoms with Crippen molar-refractivity contribution in [2.24, 2.45) is 7.05 Å². The van der Waals surface area contributed by atoms with Gasteiger partial charge in [-0.1, -0.05) is 6.07 Å². The van der Waals surface area contributed by atoms with Gasteiger partial charge >= 0.3 is 0 Å². The standard InChI is InChI=1S/C32H37N3O3/c1-21-22(2)30-27(13-14-32(4,5)38-30)23(3)28(21)17-26-11-12-29(37-26)31(36)35(19-24-9-7-15-33-18-24)20-25-10-8-16-34(25)6/h7-12,15-16,18H,13-14,17,19-20H2,1-6H3. The molecule has 0 bridgehead atoms. The fraction of sp³-hybridized carbons (Fsp3) is 0.375. The summed E-state index contributed by atoms with van der Waals surface area (Å²) in [5, 5.41) is 0. The summed E-state index contributed by atoms with van der Waals surface area (Å²) in [7, 11) is 1.99. The molecule has 0 atom stereocenters. The van der Waals surface area contributed by atoms with Crippen molar-refractivity contribution in [2.75, 3.05) is 0 Å². The molecular formula is C32H37N3O3. The number of aryl methyl sites for hydroxylation is 1. The number of hydrogen-bond donors (Lipinski definition) is 0. The Morgan fingerprint density at radius 2 is 1.87 bits per heavy atom. The second-order valence-electron chi connectivity index (χ2n) is 11.1. The SMILES string of the molecule is Cc1c(C)c2c(c(C)c1Cc1ccc(C(=O)N(Cc3cccnc3)Cc3cccn3C)o1)CCC(C)(C)O2. The van der Waals surface area contributed by atoms with E-state index in [2.05, 4.69) is 39.6 Å². The number of fused-ring (bicyclic) bond motifs is 1. The Balaban J connectivity index is 1.41. The van der Waals surface area contributed by atoms with Gasteiger partial charge in [0.25, 0.3) is 5.91 Å². The van der Waals surface area contributed by atoms with E-state index in [1.165, 1.54) is 27.8 Å². The third-order valence-corrected chi connectivity index (χ3v) is 7.90. The van der Waals surface area contributed by atoms with Gasteiger partial charge in [-0.25, -0.2) is 0 Å². The molecule has 1 aromatic carbocycles. The van der Waals surface area contributed by atoms with Crippen molar-refractivity contribution in [3.8, 4) is 5.75 Å². The van der Waals surface area contributed by atoms with Gasteiger partial charge in [0.2, 0.25) is 0 Å². The van der Waals surface area contributed by atoms with Crippen molar-refractivity contribution in [1.82, 2.24) is 14.5 Å². The minimum absolute atomic E-state index is 0.132. The van der Waals surface area contributed by atoms with E-state index < -0.39 is 0 Å². The first-order chi connectivity index (χ1) is 18.1. The van der Waals surface area contributed by atoms with Gasteiger partial charge < -0.3 is 18.6 Å². The maximum atomic E-state index is 13.7. The molecule has 0 fully saturated rings. The van der Waals surface area contributed by atoms with Crippen molar-refractivity contribution in [3.63, 3.8) is 0 Å². The molecule has 6 nitrogen and oxygen atoms in total. The third-order valence-electron chi connectivity index (χ3n) is 7.90. The molecule has 0 N–H and O–H groups in total. The van der Waals surface area contributed by atoms with E-state index in [0.29, 0.717) is 25.3 Å². The summed E-state index contributed by atoms with van der Waals surface area (Å²) >= 11 is 0. The van der Waals surface area contributed by atoms with Gasteiger partial charge in [-0.2, -0.15) is 0 Å². The van der Waals surface area contributed by atoms with Crippen molar-refractivity contribution in [1.29, 1.82) is 0 Å². The first kappa shape index (κ1) is 25.8. The van der Waals surface area contributed by atoms with Crippen LogP contribution in [0.1, 0.15) is 75.7 Å². The summed E-state index contributed by atoms with van der Waals surface area (Å²) in [5.74, 6) is 2.05. The van der Waals surface area contributed by atoms with Crippen molar-refractivity contribution in [2.45, 2.75) is 72.6 Å². The zero-order valence-corrected chi connectivity index (χ0v) is 23.3. The monoisotopic (exact) mass is 511 g/mol. The number of pyridine rings is 1. The predicted octanol–water partition coefficient (Wildman–Crippen LogP) is 6.48. The van der Waals surface area contributed by atoms with E-state index in [0.717, 1.165) is 35.6 Å². The fourth-order valence-corrected chi connectivity index (χ4v) is 5.40. The van der Waals surface area contributed by atoms with Gasteiger partial charge in [0.1, 0.15) is 17.1 Å². The van der Waals surface area contributed by atoms with Gasteiger partial charge in [-0.05, 0) is 111 Å². The van der Waals surface area contributed by atoms with Gasteiger partial charge in [-0.3, -0.25) is 9.78 Å². The highest BCUT2D eigenvalue weighted by atomic mass is 16.5. The number of aromatic nitrogens is 2. The molecular weight excluding hydrogens is 474 g/mol. The molecule has 4 aromatic rings. The number of furan rings is 1. The van der Waals surface area contributed by atoms with Gasteiger partial charge in [-0.15, -0.1) is 0 Å². The molecule has 0 aliphatic carbocycles. The number of hydrogen-bond acceptors (Lipinski definition) is 4. The summed E-state index contributed by atoms with van der Waals surface area (Å²) < 4.78 is 14.6. The highest BCUT2D eigenvalue weighted by molar-refractivity contribution is 5.91. The van der Waals surface area contributed by atoms with Crippen LogP contribution in [0, 0.1) is 20.8 Å². The van der Waals surface area contributed by atoms with Crippen LogP contribution in [0.2, 0.25) is 0 Å². The maximum Gasteiger partial charge on any atom is 0.290 e. The topological polar surface area (TPSA) is 60.5 Å². The lowest BCUT2D eigenvalue weighted by molar-refractivity contribution is 0.0692. The Morgan fingerprint density at radius 1 is 1.05 bits per heavy atom. The van der Waals surface area contributed by atoms with Crippen LogP contribution in [0.3, 0.4) is 0 Å². The molecule has 5 rings (SSSR count). The van der Waals surface area contributed by atoms with Crippen LogP contribution in [-0.2, 0) is 33.0 Å². The van der Waals surface area contributed by atoms with E-state index in [1.807, 2.05) is 53.0 Å². The number of carbonyl (C=O) groups is 1. The summed E-state index contributed by atoms with van der Waals surface area (Å²) in [5.41, 5.74) is 8.13. The lowest BCUT2D eigenvalue weighted by atomic mass is 9.84. The molecule has 198 valence electrons. The fourth-order valence-electron chi connectivity index (χ4n) is 5.40. The molecule has 1 aliphatic heterocycles. The number of amides is 1. The van der Waals surface area contributed by atoms with Gasteiger partial charge in [0.15, 0.2) is 5.76 Å². The number of rotatable bonds is 7. The minimum atomic E-state index is -0.143. The second-order valence-corrected chi connectivity index (χ2v) is 11.1. The smallest absolute Gasteiger partial charge is 0.290 e. The number of nitrogens with zero attached hydrogens (tertiary/aromatic N) is 3. The molecule has 0 saturated carbocycles. The van der Waals surface area contributed by atoms with E-state index in [9.17, 15) is 4.79 Å². The lowest BCUT2D eigenvalue weighted by Crippen LogP contribution is -2.33. The Labute approximate surface area is 225 Å². The van der Waals surface area contributed by atoms with Crippen LogP contribution in [-0.4, -0.2) is 26.0 Å². The largest absolute Gasteiger partial charge is 0.487 e. The van der Waals surface area contributed by atoms with Crippen LogP contribution in [0.25, 0.3) is 0 Å². The highest BCUT2D eigenvalue weighted by Crippen LogP contribution is 2.41. The average Bonchev–Trinajstić information content (AvgIpc) is 3.53. The molecule has 4 heterocycles. The zero-order valence-electron chi connectivity index (χ0n) is 23.3. The van der Waals surface area contributed by atoms with Crippen LogP contribution >= 0.6 is 0 Å². The summed E-state index contributed by atoms with van der Waals surface area (Å²) in [6.07, 6.45) is 8.18. The first-order valence-corrected chi connectivity index (χ1v) is 13.3. The number of ether oxygens (including phenoxy) is 1. The minimum Gasteiger partial charge on any atom is -0.487 e. The van der Waals surface area contributed by atoms with Crippen LogP contribution in [0.4, 0.5) is 0 Å². The maximum absolute atomic E-state index is 13.7. The highest BCUT2D eigenvalue weighted by Gasteiger charge is 2.31. The Bertz CT molecular complexity index is 1460. The number of carbonyl (C=O) groups excluding carboxylic acids is 1. The molecule has 0 unspecified atom stereocenters. The van der Waals surface area contributed by atoms with E-state index in [-0.39, 0.29) is 11.5 Å². The first-order valence-electron chi connectivity index (χ1n) is 13.3.